The molecule has 2 aromatic heterocycles. The van der Waals surface area contributed by atoms with Crippen molar-refractivity contribution < 1.29 is 4.74 Å². The van der Waals surface area contributed by atoms with Crippen LogP contribution in [0.25, 0.3) is 11.0 Å². The van der Waals surface area contributed by atoms with Gasteiger partial charge < -0.3 is 15.0 Å². The maximum absolute atomic E-state index is 5.01. The highest BCUT2D eigenvalue weighted by atomic mass is 32.1. The largest absolute Gasteiger partial charge is 0.384 e. The van der Waals surface area contributed by atoms with Crippen molar-refractivity contribution in [3.63, 3.8) is 0 Å². The number of nitrogens with one attached hydrogen (secondary N) is 2. The van der Waals surface area contributed by atoms with Gasteiger partial charge in [0, 0.05) is 38.0 Å². The lowest BCUT2D eigenvalue weighted by atomic mass is 10.3. The maximum Gasteiger partial charge on any atom is 0.202 e. The Hall–Kier alpha value is -1.99. The molecular weight excluding hydrogens is 286 g/mol. The first kappa shape index (κ1) is 14.0. The van der Waals surface area contributed by atoms with Gasteiger partial charge in [0.2, 0.25) is 5.13 Å². The number of para-hydroxylation sites is 2. The van der Waals surface area contributed by atoms with Crippen LogP contribution in [0.3, 0.4) is 0 Å². The molecule has 3 rings (SSSR count). The van der Waals surface area contributed by atoms with Crippen molar-refractivity contribution in [2.75, 3.05) is 25.6 Å². The highest BCUT2D eigenvalue weighted by Gasteiger charge is 2.05. The second-order valence-corrected chi connectivity index (χ2v) is 5.39. The highest BCUT2D eigenvalue weighted by Crippen LogP contribution is 2.13. The molecule has 7 heteroatoms. The van der Waals surface area contributed by atoms with Gasteiger partial charge in [0.1, 0.15) is 11.6 Å². The second kappa shape index (κ2) is 6.64. The molecule has 0 fully saturated rings. The molecule has 2 N–H and O–H groups in total. The molecule has 0 unspecified atom stereocenters. The number of fused-ring (bicyclic) bond motifs is 1. The van der Waals surface area contributed by atoms with Crippen molar-refractivity contribution in [3.8, 4) is 0 Å². The fourth-order valence-electron chi connectivity index (χ4n) is 2.03. The molecule has 21 heavy (non-hydrogen) atoms. The lowest BCUT2D eigenvalue weighted by molar-refractivity contribution is 0.201. The molecule has 0 saturated carbocycles. The zero-order valence-corrected chi connectivity index (χ0v) is 12.6. The Morgan fingerprint density at radius 2 is 2.14 bits per heavy atom. The van der Waals surface area contributed by atoms with Gasteiger partial charge in [0.05, 0.1) is 17.6 Å². The van der Waals surface area contributed by atoms with E-state index in [-0.39, 0.29) is 0 Å². The van der Waals surface area contributed by atoms with Gasteiger partial charge >= 0.3 is 0 Å². The van der Waals surface area contributed by atoms with E-state index in [1.54, 1.807) is 7.11 Å². The summed E-state index contributed by atoms with van der Waals surface area (Å²) in [6.45, 7) is 1.42. The Morgan fingerprint density at radius 1 is 1.24 bits per heavy atom. The van der Waals surface area contributed by atoms with E-state index in [1.165, 1.54) is 11.5 Å². The molecule has 110 valence electrons. The Balaban J connectivity index is 1.52. The molecule has 0 aliphatic heterocycles. The summed E-state index contributed by atoms with van der Waals surface area (Å²) in [5.74, 6) is 1.81. The topological polar surface area (TPSA) is 75.7 Å². The van der Waals surface area contributed by atoms with Crippen LogP contribution in [0, 0.1) is 0 Å². The zero-order chi connectivity index (χ0) is 14.5. The molecule has 0 aliphatic carbocycles. The molecule has 0 bridgehead atoms. The fourth-order valence-corrected chi connectivity index (χ4v) is 2.67. The number of nitrogens with zero attached hydrogens (tertiary/aromatic N) is 3. The summed E-state index contributed by atoms with van der Waals surface area (Å²) in [6.07, 6.45) is 1.57. The van der Waals surface area contributed by atoms with Gasteiger partial charge in [0.25, 0.3) is 0 Å². The standard InChI is InChI=1S/C14H17N5OS/c1-20-9-7-13-18-14(21-19-13)15-8-6-12-16-10-4-2-3-5-11(10)17-12/h2-5H,6-9H2,1H3,(H,16,17)(H,15,18,19). The van der Waals surface area contributed by atoms with E-state index in [4.69, 9.17) is 4.74 Å². The minimum atomic E-state index is 0.648. The molecule has 0 spiro atoms. The number of hydrogen-bond acceptors (Lipinski definition) is 6. The average molecular weight is 303 g/mol. The maximum atomic E-state index is 5.01. The van der Waals surface area contributed by atoms with Crippen LogP contribution in [0.15, 0.2) is 24.3 Å². The number of benzene rings is 1. The van der Waals surface area contributed by atoms with E-state index in [0.717, 1.165) is 47.2 Å². The van der Waals surface area contributed by atoms with E-state index in [1.807, 2.05) is 24.3 Å². The second-order valence-electron chi connectivity index (χ2n) is 4.64. The number of aromatic nitrogens is 4. The van der Waals surface area contributed by atoms with E-state index >= 15 is 0 Å². The van der Waals surface area contributed by atoms with E-state index in [2.05, 4.69) is 24.6 Å². The smallest absolute Gasteiger partial charge is 0.202 e. The zero-order valence-electron chi connectivity index (χ0n) is 11.8. The van der Waals surface area contributed by atoms with Crippen LogP contribution in [-0.2, 0) is 17.6 Å². The van der Waals surface area contributed by atoms with Crippen LogP contribution in [0.4, 0.5) is 5.13 Å². The van der Waals surface area contributed by atoms with Gasteiger partial charge in [-0.15, -0.1) is 0 Å². The number of methoxy groups -OCH3 is 1. The van der Waals surface area contributed by atoms with Crippen molar-refractivity contribution in [3.05, 3.63) is 35.9 Å². The van der Waals surface area contributed by atoms with Crippen molar-refractivity contribution in [2.24, 2.45) is 0 Å². The van der Waals surface area contributed by atoms with Gasteiger partial charge in [-0.3, -0.25) is 0 Å². The van der Waals surface area contributed by atoms with Crippen LogP contribution in [0.1, 0.15) is 11.6 Å². The molecule has 2 heterocycles. The molecule has 1 aromatic carbocycles. The summed E-state index contributed by atoms with van der Waals surface area (Å²) in [5, 5.41) is 4.12. The van der Waals surface area contributed by atoms with Crippen molar-refractivity contribution in [1.82, 2.24) is 19.3 Å². The van der Waals surface area contributed by atoms with Crippen molar-refractivity contribution >= 4 is 27.7 Å². The Bertz CT molecular complexity index is 675. The number of rotatable bonds is 7. The van der Waals surface area contributed by atoms with Crippen LogP contribution < -0.4 is 5.32 Å². The summed E-state index contributed by atoms with van der Waals surface area (Å²) in [7, 11) is 1.68. The predicted octanol–water partition coefficient (Wildman–Crippen LogP) is 2.26. The first-order valence-electron chi connectivity index (χ1n) is 6.84. The molecule has 0 radical (unpaired) electrons. The van der Waals surface area contributed by atoms with Gasteiger partial charge in [-0.2, -0.15) is 4.37 Å². The third-order valence-electron chi connectivity index (χ3n) is 3.07. The molecule has 0 amide bonds. The predicted molar refractivity (Wildman–Crippen MR) is 83.8 cm³/mol. The fraction of sp³-hybridized carbons (Fsp3) is 0.357. The van der Waals surface area contributed by atoms with E-state index < -0.39 is 0 Å². The molecular formula is C14H17N5OS. The third-order valence-corrected chi connectivity index (χ3v) is 3.78. The normalized spacial score (nSPS) is 11.1. The SMILES string of the molecule is COCCc1nsc(NCCc2nc3ccccc3[nH]2)n1. The first-order chi connectivity index (χ1) is 10.3. The number of anilines is 1. The van der Waals surface area contributed by atoms with Crippen LogP contribution >= 0.6 is 11.5 Å². The van der Waals surface area contributed by atoms with Crippen molar-refractivity contribution in [1.29, 1.82) is 0 Å². The minimum absolute atomic E-state index is 0.648. The van der Waals surface area contributed by atoms with Crippen molar-refractivity contribution in [2.45, 2.75) is 12.8 Å². The Kier molecular flexibility index (Phi) is 4.42. The lowest BCUT2D eigenvalue weighted by Gasteiger charge is -1.99. The quantitative estimate of drug-likeness (QED) is 0.700. The number of aromatic amines is 1. The van der Waals surface area contributed by atoms with E-state index in [0.29, 0.717) is 6.61 Å². The van der Waals surface area contributed by atoms with Crippen LogP contribution in [0.5, 0.6) is 0 Å². The molecule has 0 saturated heterocycles. The number of hydrogen-bond donors (Lipinski definition) is 2. The van der Waals surface area contributed by atoms with Crippen LogP contribution in [0.2, 0.25) is 0 Å². The summed E-state index contributed by atoms with van der Waals surface area (Å²) < 4.78 is 9.29. The number of H-pyrrole nitrogens is 1. The van der Waals surface area contributed by atoms with Gasteiger partial charge in [0.15, 0.2) is 0 Å². The monoisotopic (exact) mass is 303 g/mol. The Morgan fingerprint density at radius 3 is 3.00 bits per heavy atom. The minimum Gasteiger partial charge on any atom is -0.384 e. The lowest BCUT2D eigenvalue weighted by Crippen LogP contribution is -2.06. The van der Waals surface area contributed by atoms with Gasteiger partial charge in [-0.25, -0.2) is 9.97 Å². The van der Waals surface area contributed by atoms with E-state index in [9.17, 15) is 0 Å². The highest BCUT2D eigenvalue weighted by molar-refractivity contribution is 7.09. The molecule has 0 atom stereocenters. The average Bonchev–Trinajstić information content (AvgIpc) is 3.11. The van der Waals surface area contributed by atoms with Gasteiger partial charge in [-0.05, 0) is 12.1 Å². The summed E-state index contributed by atoms with van der Waals surface area (Å²) in [5.41, 5.74) is 2.08. The first-order valence-corrected chi connectivity index (χ1v) is 7.61. The third kappa shape index (κ3) is 3.56. The van der Waals surface area contributed by atoms with Gasteiger partial charge in [-0.1, -0.05) is 12.1 Å². The summed E-state index contributed by atoms with van der Waals surface area (Å²) >= 11 is 1.38. The Labute approximate surface area is 126 Å². The van der Waals surface area contributed by atoms with Crippen LogP contribution in [-0.4, -0.2) is 39.6 Å². The number of imidazole rings is 1. The number of ether oxygens (including phenoxy) is 1. The summed E-state index contributed by atoms with van der Waals surface area (Å²) in [4.78, 5) is 12.3. The molecule has 6 nitrogen and oxygen atoms in total. The molecule has 0 aliphatic rings. The molecule has 3 aromatic rings. The summed E-state index contributed by atoms with van der Waals surface area (Å²) in [6, 6.07) is 8.04.